The van der Waals surface area contributed by atoms with E-state index < -0.39 is 0 Å². The smallest absolute Gasteiger partial charge is 0.251 e. The monoisotopic (exact) mass is 425 g/mol. The summed E-state index contributed by atoms with van der Waals surface area (Å²) in [7, 11) is 2.11. The van der Waals surface area contributed by atoms with E-state index in [1.807, 2.05) is 31.2 Å². The summed E-state index contributed by atoms with van der Waals surface area (Å²) < 4.78 is 1.08. The van der Waals surface area contributed by atoms with Gasteiger partial charge in [0, 0.05) is 35.5 Å². The summed E-state index contributed by atoms with van der Waals surface area (Å²) in [6, 6.07) is 16.2. The highest BCUT2D eigenvalue weighted by Gasteiger charge is 2.07. The lowest BCUT2D eigenvalue weighted by atomic mass is 10.1. The second-order valence-electron chi connectivity index (χ2n) is 7.07. The molecule has 152 valence electrons. The number of carbonyl (C=O) groups is 1. The van der Waals surface area contributed by atoms with Gasteiger partial charge in [-0.15, -0.1) is 11.3 Å². The second-order valence-corrected chi connectivity index (χ2v) is 9.15. The number of hydrogen-bond acceptors (Lipinski definition) is 5. The van der Waals surface area contributed by atoms with Gasteiger partial charge < -0.3 is 10.2 Å². The highest BCUT2D eigenvalue weighted by atomic mass is 32.2. The summed E-state index contributed by atoms with van der Waals surface area (Å²) in [4.78, 5) is 19.2. The van der Waals surface area contributed by atoms with E-state index in [2.05, 4.69) is 58.8 Å². The van der Waals surface area contributed by atoms with Crippen molar-refractivity contribution in [1.29, 1.82) is 0 Å². The summed E-state index contributed by atoms with van der Waals surface area (Å²) in [5, 5.41) is 5.09. The first kappa shape index (κ1) is 21.6. The third-order valence-electron chi connectivity index (χ3n) is 4.61. The van der Waals surface area contributed by atoms with Crippen LogP contribution in [0.2, 0.25) is 0 Å². The first-order valence-electron chi connectivity index (χ1n) is 9.72. The number of hydrogen-bond donors (Lipinski definition) is 1. The lowest BCUT2D eigenvalue weighted by molar-refractivity contribution is 0.0951. The third-order valence-corrected chi connectivity index (χ3v) is 6.82. The zero-order valence-electron chi connectivity index (χ0n) is 17.1. The Morgan fingerprint density at radius 1 is 1.14 bits per heavy atom. The Morgan fingerprint density at radius 2 is 1.90 bits per heavy atom. The summed E-state index contributed by atoms with van der Waals surface area (Å²) in [5.74, 6) is 0.809. The van der Waals surface area contributed by atoms with Crippen molar-refractivity contribution in [2.45, 2.75) is 37.0 Å². The summed E-state index contributed by atoms with van der Waals surface area (Å²) >= 11 is 3.40. The zero-order valence-corrected chi connectivity index (χ0v) is 18.8. The van der Waals surface area contributed by atoms with Crippen LogP contribution in [0, 0.1) is 6.92 Å². The fourth-order valence-corrected chi connectivity index (χ4v) is 4.65. The van der Waals surface area contributed by atoms with E-state index in [1.54, 1.807) is 23.1 Å². The van der Waals surface area contributed by atoms with Crippen LogP contribution in [-0.4, -0.2) is 29.4 Å². The maximum Gasteiger partial charge on any atom is 0.251 e. The third kappa shape index (κ3) is 6.70. The molecule has 0 saturated carbocycles. The summed E-state index contributed by atoms with van der Waals surface area (Å²) in [5.41, 5.74) is 5.32. The van der Waals surface area contributed by atoms with Crippen LogP contribution >= 0.6 is 23.1 Å². The van der Waals surface area contributed by atoms with Crippen molar-refractivity contribution in [1.82, 2.24) is 15.2 Å². The molecule has 2 aromatic carbocycles. The minimum Gasteiger partial charge on any atom is -0.348 e. The minimum atomic E-state index is -0.0455. The van der Waals surface area contributed by atoms with Gasteiger partial charge in [0.25, 0.3) is 5.91 Å². The largest absolute Gasteiger partial charge is 0.348 e. The van der Waals surface area contributed by atoms with Gasteiger partial charge in [0.15, 0.2) is 0 Å². The first-order valence-corrected chi connectivity index (χ1v) is 11.6. The van der Waals surface area contributed by atoms with Crippen molar-refractivity contribution >= 4 is 29.0 Å². The number of benzene rings is 2. The molecule has 1 aromatic heterocycles. The molecule has 3 rings (SSSR count). The van der Waals surface area contributed by atoms with Gasteiger partial charge in [0.05, 0.1) is 0 Å². The molecule has 0 atom stereocenters. The SMILES string of the molecule is CCN(C)Cc1cccc(CNC(=O)c2ccc(CSc3nc(C)cs3)cc2)c1. The molecule has 0 aliphatic carbocycles. The second kappa shape index (κ2) is 10.6. The molecule has 0 radical (unpaired) electrons. The van der Waals surface area contributed by atoms with Crippen LogP contribution in [0.15, 0.2) is 58.3 Å². The van der Waals surface area contributed by atoms with Gasteiger partial charge in [0.1, 0.15) is 4.34 Å². The molecular formula is C23H27N3OS2. The van der Waals surface area contributed by atoms with Gasteiger partial charge in [-0.1, -0.05) is 55.1 Å². The number of nitrogens with one attached hydrogen (secondary N) is 1. The molecule has 0 saturated heterocycles. The normalized spacial score (nSPS) is 11.0. The molecule has 29 heavy (non-hydrogen) atoms. The average Bonchev–Trinajstić information content (AvgIpc) is 3.16. The summed E-state index contributed by atoms with van der Waals surface area (Å²) in [6.07, 6.45) is 0. The van der Waals surface area contributed by atoms with E-state index in [4.69, 9.17) is 0 Å². The molecule has 4 nitrogen and oxygen atoms in total. The van der Waals surface area contributed by atoms with Crippen molar-refractivity contribution in [2.75, 3.05) is 13.6 Å². The molecule has 1 heterocycles. The van der Waals surface area contributed by atoms with E-state index in [-0.39, 0.29) is 5.91 Å². The van der Waals surface area contributed by atoms with E-state index in [9.17, 15) is 4.79 Å². The quantitative estimate of drug-likeness (QED) is 0.483. The Balaban J connectivity index is 1.51. The molecule has 0 aliphatic heterocycles. The van der Waals surface area contributed by atoms with Crippen molar-refractivity contribution in [3.05, 3.63) is 81.9 Å². The average molecular weight is 426 g/mol. The zero-order chi connectivity index (χ0) is 20.6. The number of aryl methyl sites for hydroxylation is 1. The van der Waals surface area contributed by atoms with Crippen LogP contribution in [-0.2, 0) is 18.8 Å². The van der Waals surface area contributed by atoms with E-state index in [0.29, 0.717) is 12.1 Å². The standard InChI is InChI=1S/C23H27N3OS2/c1-4-26(3)14-20-7-5-6-19(12-20)13-24-22(27)21-10-8-18(9-11-21)16-29-23-25-17(2)15-28-23/h5-12,15H,4,13-14,16H2,1-3H3,(H,24,27). The number of thioether (sulfide) groups is 1. The lowest BCUT2D eigenvalue weighted by Crippen LogP contribution is -2.23. The maximum absolute atomic E-state index is 12.5. The van der Waals surface area contributed by atoms with Crippen LogP contribution in [0.5, 0.6) is 0 Å². The van der Waals surface area contributed by atoms with Crippen LogP contribution in [0.25, 0.3) is 0 Å². The molecule has 0 bridgehead atoms. The molecular weight excluding hydrogens is 398 g/mol. The Hall–Kier alpha value is -2.15. The van der Waals surface area contributed by atoms with Gasteiger partial charge >= 0.3 is 0 Å². The van der Waals surface area contributed by atoms with E-state index in [0.717, 1.165) is 34.4 Å². The molecule has 0 spiro atoms. The molecule has 0 aliphatic rings. The molecule has 1 amide bonds. The molecule has 0 unspecified atom stereocenters. The highest BCUT2D eigenvalue weighted by Crippen LogP contribution is 2.26. The molecule has 6 heteroatoms. The highest BCUT2D eigenvalue weighted by molar-refractivity contribution is 8.00. The van der Waals surface area contributed by atoms with Crippen LogP contribution in [0.1, 0.15) is 39.7 Å². The van der Waals surface area contributed by atoms with Gasteiger partial charge in [0.2, 0.25) is 0 Å². The molecule has 1 N–H and O–H groups in total. The predicted octanol–water partition coefficient (Wildman–Crippen LogP) is 5.13. The Morgan fingerprint density at radius 3 is 2.59 bits per heavy atom. The Kier molecular flexibility index (Phi) is 7.86. The fourth-order valence-electron chi connectivity index (χ4n) is 2.84. The Bertz CT molecular complexity index is 937. The number of amides is 1. The van der Waals surface area contributed by atoms with Crippen LogP contribution in [0.4, 0.5) is 0 Å². The van der Waals surface area contributed by atoms with Crippen molar-refractivity contribution < 1.29 is 4.79 Å². The fraction of sp³-hybridized carbons (Fsp3) is 0.304. The van der Waals surface area contributed by atoms with Crippen LogP contribution < -0.4 is 5.32 Å². The van der Waals surface area contributed by atoms with Crippen molar-refractivity contribution in [3.63, 3.8) is 0 Å². The van der Waals surface area contributed by atoms with E-state index in [1.165, 1.54) is 11.1 Å². The van der Waals surface area contributed by atoms with Gasteiger partial charge in [-0.3, -0.25) is 4.79 Å². The number of rotatable bonds is 9. The maximum atomic E-state index is 12.5. The van der Waals surface area contributed by atoms with Gasteiger partial charge in [-0.05, 0) is 49.3 Å². The van der Waals surface area contributed by atoms with Gasteiger partial charge in [-0.2, -0.15) is 0 Å². The van der Waals surface area contributed by atoms with Crippen molar-refractivity contribution in [3.8, 4) is 0 Å². The first-order chi connectivity index (χ1) is 14.0. The summed E-state index contributed by atoms with van der Waals surface area (Å²) in [6.45, 7) is 6.61. The number of aromatic nitrogens is 1. The minimum absolute atomic E-state index is 0.0455. The topological polar surface area (TPSA) is 45.2 Å². The molecule has 0 fully saturated rings. The number of nitrogens with zero attached hydrogens (tertiary/aromatic N) is 2. The number of thiazole rings is 1. The van der Waals surface area contributed by atoms with Gasteiger partial charge in [-0.25, -0.2) is 4.98 Å². The predicted molar refractivity (Wildman–Crippen MR) is 122 cm³/mol. The lowest BCUT2D eigenvalue weighted by Gasteiger charge is -2.14. The molecule has 3 aromatic rings. The Labute approximate surface area is 181 Å². The van der Waals surface area contributed by atoms with E-state index >= 15 is 0 Å². The van der Waals surface area contributed by atoms with Crippen molar-refractivity contribution in [2.24, 2.45) is 0 Å². The van der Waals surface area contributed by atoms with Crippen LogP contribution in [0.3, 0.4) is 0 Å². The number of carbonyl (C=O) groups excluding carboxylic acids is 1.